The van der Waals surface area contributed by atoms with Gasteiger partial charge in [0.2, 0.25) is 0 Å². The molecule has 1 aromatic heterocycles. The van der Waals surface area contributed by atoms with Gasteiger partial charge in [-0.2, -0.15) is 0 Å². The zero-order valence-corrected chi connectivity index (χ0v) is 9.03. The number of ether oxygens (including phenoxy) is 1. The third kappa shape index (κ3) is 0.689. The Balaban J connectivity index is 1.94. The van der Waals surface area contributed by atoms with Gasteiger partial charge in [0, 0.05) is 24.2 Å². The predicted octanol–water partition coefficient (Wildman–Crippen LogP) is 2.00. The molecule has 0 aromatic carbocycles. The van der Waals surface area contributed by atoms with Crippen LogP contribution in [0, 0.1) is 0 Å². The van der Waals surface area contributed by atoms with E-state index in [0.717, 1.165) is 0 Å². The van der Waals surface area contributed by atoms with Crippen LogP contribution in [0.2, 0.25) is 0 Å². The Morgan fingerprint density at radius 1 is 1.13 bits per heavy atom. The average molecular weight is 202 g/mol. The molecule has 3 heteroatoms. The maximum absolute atomic E-state index is 6.04. The van der Waals surface area contributed by atoms with E-state index in [0.29, 0.717) is 11.8 Å². The molecule has 1 aliphatic heterocycles. The van der Waals surface area contributed by atoms with Crippen molar-refractivity contribution in [1.29, 1.82) is 0 Å². The predicted molar refractivity (Wildman–Crippen MR) is 54.6 cm³/mol. The summed E-state index contributed by atoms with van der Waals surface area (Å²) in [4.78, 5) is 9.00. The average Bonchev–Trinajstić information content (AvgIpc) is 2.57. The van der Waals surface area contributed by atoms with Crippen LogP contribution < -0.4 is 0 Å². The van der Waals surface area contributed by atoms with Gasteiger partial charge in [0.25, 0.3) is 0 Å². The molecule has 15 heavy (non-hydrogen) atoms. The molecule has 2 fully saturated rings. The minimum atomic E-state index is 0.0290. The van der Waals surface area contributed by atoms with Crippen molar-refractivity contribution in [2.45, 2.75) is 49.7 Å². The molecule has 2 aliphatic carbocycles. The Morgan fingerprint density at radius 3 is 2.00 bits per heavy atom. The topological polar surface area (TPSA) is 38.3 Å². The molecular formula is C12H14N2O. The van der Waals surface area contributed by atoms with Gasteiger partial charge in [0.05, 0.1) is 17.0 Å². The number of hydrogen-bond donors (Lipinski definition) is 0. The highest BCUT2D eigenvalue weighted by Crippen LogP contribution is 2.73. The van der Waals surface area contributed by atoms with Gasteiger partial charge in [-0.15, -0.1) is 0 Å². The van der Waals surface area contributed by atoms with Crippen molar-refractivity contribution in [1.82, 2.24) is 9.97 Å². The summed E-state index contributed by atoms with van der Waals surface area (Å²) in [5.41, 5.74) is 2.50. The lowest BCUT2D eigenvalue weighted by atomic mass is 9.85. The molecule has 1 spiro atoms. The minimum Gasteiger partial charge on any atom is -0.362 e. The zero-order chi connectivity index (χ0) is 10.3. The summed E-state index contributed by atoms with van der Waals surface area (Å²) in [6.45, 7) is 4.40. The van der Waals surface area contributed by atoms with E-state index >= 15 is 0 Å². The SMILES string of the molecule is CC1(C)OC12[C@@H]1CC[C@H]2c2nccnc21. The first-order valence-electron chi connectivity index (χ1n) is 5.68. The fourth-order valence-electron chi connectivity index (χ4n) is 3.96. The molecule has 3 aliphatic rings. The first kappa shape index (κ1) is 8.22. The van der Waals surface area contributed by atoms with Gasteiger partial charge in [-0.3, -0.25) is 9.97 Å². The van der Waals surface area contributed by atoms with Crippen LogP contribution in [0.4, 0.5) is 0 Å². The van der Waals surface area contributed by atoms with Crippen LogP contribution in [0.3, 0.4) is 0 Å². The standard InChI is InChI=1S/C12H14N2O/c1-11(2)12(15-11)7-3-4-8(12)10-9(7)13-5-6-14-10/h5-8H,3-4H2,1-2H3/t7-,8+,12?. The van der Waals surface area contributed by atoms with E-state index in [1.54, 1.807) is 0 Å². The van der Waals surface area contributed by atoms with Crippen molar-refractivity contribution in [3.8, 4) is 0 Å². The number of epoxide rings is 1. The zero-order valence-electron chi connectivity index (χ0n) is 9.03. The van der Waals surface area contributed by atoms with Crippen LogP contribution in [-0.2, 0) is 4.74 Å². The summed E-state index contributed by atoms with van der Waals surface area (Å²) in [7, 11) is 0. The summed E-state index contributed by atoms with van der Waals surface area (Å²) < 4.78 is 6.04. The second-order valence-corrected chi connectivity index (χ2v) is 5.41. The fraction of sp³-hybridized carbons (Fsp3) is 0.667. The maximum atomic E-state index is 6.04. The lowest BCUT2D eigenvalue weighted by Crippen LogP contribution is -2.24. The van der Waals surface area contributed by atoms with Crippen molar-refractivity contribution in [3.05, 3.63) is 23.8 Å². The monoisotopic (exact) mass is 202 g/mol. The molecule has 3 atom stereocenters. The molecule has 1 aromatic rings. The maximum Gasteiger partial charge on any atom is 0.114 e. The second kappa shape index (κ2) is 2.09. The van der Waals surface area contributed by atoms with Crippen LogP contribution >= 0.6 is 0 Å². The third-order valence-corrected chi connectivity index (χ3v) is 4.52. The van der Waals surface area contributed by atoms with Gasteiger partial charge in [-0.25, -0.2) is 0 Å². The van der Waals surface area contributed by atoms with Gasteiger partial charge in [-0.1, -0.05) is 0 Å². The first-order valence-corrected chi connectivity index (χ1v) is 5.68. The quantitative estimate of drug-likeness (QED) is 0.604. The van der Waals surface area contributed by atoms with Crippen LogP contribution in [0.1, 0.15) is 49.9 Å². The Kier molecular flexibility index (Phi) is 1.15. The molecule has 0 radical (unpaired) electrons. The molecular weight excluding hydrogens is 188 g/mol. The fourth-order valence-corrected chi connectivity index (χ4v) is 3.96. The largest absolute Gasteiger partial charge is 0.362 e. The van der Waals surface area contributed by atoms with E-state index in [2.05, 4.69) is 23.8 Å². The summed E-state index contributed by atoms with van der Waals surface area (Å²) in [6, 6.07) is 0. The van der Waals surface area contributed by atoms with Gasteiger partial charge in [0.1, 0.15) is 5.60 Å². The third-order valence-electron chi connectivity index (χ3n) is 4.52. The molecule has 2 heterocycles. The number of rotatable bonds is 0. The molecule has 2 bridgehead atoms. The Labute approximate surface area is 88.9 Å². The molecule has 0 N–H and O–H groups in total. The van der Waals surface area contributed by atoms with E-state index in [4.69, 9.17) is 4.74 Å². The van der Waals surface area contributed by atoms with Crippen LogP contribution in [0.15, 0.2) is 12.4 Å². The molecule has 4 rings (SSSR count). The van der Waals surface area contributed by atoms with E-state index in [1.165, 1.54) is 24.2 Å². The van der Waals surface area contributed by atoms with Gasteiger partial charge >= 0.3 is 0 Å². The van der Waals surface area contributed by atoms with E-state index in [1.807, 2.05) is 12.4 Å². The van der Waals surface area contributed by atoms with Crippen LogP contribution in [-0.4, -0.2) is 21.2 Å². The van der Waals surface area contributed by atoms with Crippen molar-refractivity contribution < 1.29 is 4.74 Å². The summed E-state index contributed by atoms with van der Waals surface area (Å²) in [5, 5.41) is 0. The number of aromatic nitrogens is 2. The highest BCUT2D eigenvalue weighted by Gasteiger charge is 2.78. The lowest BCUT2D eigenvalue weighted by Gasteiger charge is -2.11. The Morgan fingerprint density at radius 2 is 1.60 bits per heavy atom. The molecule has 1 saturated heterocycles. The van der Waals surface area contributed by atoms with E-state index in [-0.39, 0.29) is 11.2 Å². The molecule has 0 amide bonds. The lowest BCUT2D eigenvalue weighted by molar-refractivity contribution is 0.259. The van der Waals surface area contributed by atoms with Crippen molar-refractivity contribution in [2.75, 3.05) is 0 Å². The van der Waals surface area contributed by atoms with Gasteiger partial charge in [0.15, 0.2) is 0 Å². The summed E-state index contributed by atoms with van der Waals surface area (Å²) in [5.74, 6) is 1.00. The highest BCUT2D eigenvalue weighted by atomic mass is 16.6. The van der Waals surface area contributed by atoms with Crippen LogP contribution in [0.5, 0.6) is 0 Å². The van der Waals surface area contributed by atoms with Crippen molar-refractivity contribution in [3.63, 3.8) is 0 Å². The number of fused-ring (bicyclic) bond motifs is 3. The summed E-state index contributed by atoms with van der Waals surface area (Å²) in [6.07, 6.45) is 6.06. The van der Waals surface area contributed by atoms with Gasteiger partial charge < -0.3 is 4.74 Å². The molecule has 78 valence electrons. The Hall–Kier alpha value is -0.960. The van der Waals surface area contributed by atoms with E-state index in [9.17, 15) is 0 Å². The van der Waals surface area contributed by atoms with E-state index < -0.39 is 0 Å². The van der Waals surface area contributed by atoms with Crippen LogP contribution in [0.25, 0.3) is 0 Å². The number of nitrogens with zero attached hydrogens (tertiary/aromatic N) is 2. The highest BCUT2D eigenvalue weighted by molar-refractivity contribution is 5.46. The molecule has 1 saturated carbocycles. The number of hydrogen-bond acceptors (Lipinski definition) is 3. The smallest absolute Gasteiger partial charge is 0.114 e. The normalized spacial score (nSPS) is 43.3. The first-order chi connectivity index (χ1) is 7.17. The van der Waals surface area contributed by atoms with Gasteiger partial charge in [-0.05, 0) is 26.7 Å². The molecule has 1 unspecified atom stereocenters. The molecule has 3 nitrogen and oxygen atoms in total. The second-order valence-electron chi connectivity index (χ2n) is 5.41. The Bertz CT molecular complexity index is 424. The summed E-state index contributed by atoms with van der Waals surface area (Å²) >= 11 is 0. The van der Waals surface area contributed by atoms with Crippen molar-refractivity contribution in [2.24, 2.45) is 0 Å². The minimum absolute atomic E-state index is 0.0290. The van der Waals surface area contributed by atoms with Crippen molar-refractivity contribution >= 4 is 0 Å².